The normalized spacial score (nSPS) is 24.3. The van der Waals surface area contributed by atoms with E-state index in [2.05, 4.69) is 40.5 Å². The number of nitrogens with zero attached hydrogens (tertiary/aromatic N) is 2. The molecule has 1 N–H and O–H groups in total. The number of likely N-dealkylation sites (tertiary alicyclic amines) is 1. The van der Waals surface area contributed by atoms with Crippen molar-refractivity contribution in [3.63, 3.8) is 0 Å². The molecule has 6 heteroatoms. The highest BCUT2D eigenvalue weighted by atomic mass is 16.5. The Bertz CT molecular complexity index is 742. The Hall–Kier alpha value is -1.92. The number of benzene rings is 1. The fourth-order valence-electron chi connectivity index (χ4n) is 5.64. The van der Waals surface area contributed by atoms with E-state index in [0.717, 1.165) is 58.7 Å². The minimum absolute atomic E-state index is 0.0531. The summed E-state index contributed by atoms with van der Waals surface area (Å²) in [6.07, 6.45) is 8.10. The highest BCUT2D eigenvalue weighted by molar-refractivity contribution is 5.83. The number of nitrogens with one attached hydrogen (secondary N) is 1. The van der Waals surface area contributed by atoms with Gasteiger partial charge in [-0.25, -0.2) is 0 Å². The molecule has 1 saturated carbocycles. The van der Waals surface area contributed by atoms with Gasteiger partial charge in [-0.3, -0.25) is 14.5 Å². The third-order valence-electron chi connectivity index (χ3n) is 7.67. The summed E-state index contributed by atoms with van der Waals surface area (Å²) in [5.74, 6) is 0.230. The molecule has 2 amide bonds. The van der Waals surface area contributed by atoms with Crippen LogP contribution in [-0.4, -0.2) is 74.1 Å². The van der Waals surface area contributed by atoms with E-state index in [1.165, 1.54) is 24.8 Å². The van der Waals surface area contributed by atoms with Crippen LogP contribution in [0.5, 0.6) is 0 Å². The molecule has 2 aliphatic heterocycles. The van der Waals surface area contributed by atoms with Crippen LogP contribution in [0.1, 0.15) is 56.9 Å². The first-order valence-corrected chi connectivity index (χ1v) is 12.6. The fraction of sp³-hybridized carbons (Fsp3) is 0.692. The molecule has 3 aliphatic rings. The molecule has 4 rings (SSSR count). The minimum atomic E-state index is -0.0903. The third-order valence-corrected chi connectivity index (χ3v) is 7.67. The molecule has 0 bridgehead atoms. The maximum Gasteiger partial charge on any atom is 0.224 e. The lowest BCUT2D eigenvalue weighted by molar-refractivity contribution is -0.138. The number of piperidine rings is 1. The van der Waals surface area contributed by atoms with Crippen molar-refractivity contribution < 1.29 is 14.3 Å². The van der Waals surface area contributed by atoms with Crippen LogP contribution in [0.4, 0.5) is 0 Å². The fourth-order valence-corrected chi connectivity index (χ4v) is 5.64. The zero-order valence-corrected chi connectivity index (χ0v) is 19.4. The molecule has 32 heavy (non-hydrogen) atoms. The molecule has 1 atom stereocenters. The van der Waals surface area contributed by atoms with Gasteiger partial charge >= 0.3 is 0 Å². The van der Waals surface area contributed by atoms with Gasteiger partial charge in [-0.1, -0.05) is 49.6 Å². The number of ether oxygens (including phenoxy) is 1. The largest absolute Gasteiger partial charge is 0.379 e. The quantitative estimate of drug-likeness (QED) is 0.674. The van der Waals surface area contributed by atoms with Gasteiger partial charge in [0.05, 0.1) is 19.1 Å². The van der Waals surface area contributed by atoms with Crippen molar-refractivity contribution in [1.82, 2.24) is 15.1 Å². The molecule has 2 heterocycles. The second kappa shape index (κ2) is 11.3. The average Bonchev–Trinajstić information content (AvgIpc) is 2.85. The van der Waals surface area contributed by atoms with Gasteiger partial charge in [-0.15, -0.1) is 0 Å². The van der Waals surface area contributed by atoms with Crippen molar-refractivity contribution in [3.05, 3.63) is 35.9 Å². The summed E-state index contributed by atoms with van der Waals surface area (Å²) in [7, 11) is 0. The molecule has 0 aromatic heterocycles. The van der Waals surface area contributed by atoms with Crippen LogP contribution in [0.2, 0.25) is 0 Å². The Morgan fingerprint density at radius 1 is 1.06 bits per heavy atom. The Labute approximate surface area is 192 Å². The summed E-state index contributed by atoms with van der Waals surface area (Å²) >= 11 is 0. The summed E-state index contributed by atoms with van der Waals surface area (Å²) in [5.41, 5.74) is 1.40. The number of rotatable bonds is 8. The second-order valence-corrected chi connectivity index (χ2v) is 9.81. The lowest BCUT2D eigenvalue weighted by atomic mass is 9.69. The second-order valence-electron chi connectivity index (χ2n) is 9.81. The highest BCUT2D eigenvalue weighted by Gasteiger charge is 2.36. The van der Waals surface area contributed by atoms with Crippen molar-refractivity contribution in [2.45, 2.75) is 56.8 Å². The summed E-state index contributed by atoms with van der Waals surface area (Å²) in [6, 6.07) is 10.7. The smallest absolute Gasteiger partial charge is 0.224 e. The number of morpholine rings is 1. The first-order valence-electron chi connectivity index (χ1n) is 12.6. The van der Waals surface area contributed by atoms with Gasteiger partial charge in [0.1, 0.15) is 0 Å². The molecule has 0 spiro atoms. The van der Waals surface area contributed by atoms with Crippen LogP contribution in [0.25, 0.3) is 0 Å². The van der Waals surface area contributed by atoms with Crippen molar-refractivity contribution in [1.29, 1.82) is 0 Å². The van der Waals surface area contributed by atoms with Gasteiger partial charge in [0, 0.05) is 51.1 Å². The number of carbonyl (C=O) groups excluding carboxylic acids is 2. The maximum absolute atomic E-state index is 13.1. The minimum Gasteiger partial charge on any atom is -0.379 e. The number of carbonyl (C=O) groups is 2. The van der Waals surface area contributed by atoms with Gasteiger partial charge < -0.3 is 15.0 Å². The van der Waals surface area contributed by atoms with Crippen LogP contribution in [-0.2, 0) is 19.7 Å². The summed E-state index contributed by atoms with van der Waals surface area (Å²) in [4.78, 5) is 29.9. The molecular formula is C26H39N3O3. The van der Waals surface area contributed by atoms with Crippen LogP contribution in [0.15, 0.2) is 30.3 Å². The number of hydrogen-bond donors (Lipinski definition) is 1. The third kappa shape index (κ3) is 5.90. The predicted octanol–water partition coefficient (Wildman–Crippen LogP) is 2.97. The standard InChI is InChI=1S/C26H39N3O3/c30-24-11-10-22(20-29(24)15-7-14-28-16-18-32-19-17-28)25(31)27-21-26(12-5-2-6-13-26)23-8-3-1-4-9-23/h1,3-4,8-9,22H,2,5-7,10-21H2,(H,27,31). The van der Waals surface area contributed by atoms with E-state index >= 15 is 0 Å². The van der Waals surface area contributed by atoms with E-state index in [0.29, 0.717) is 25.9 Å². The topological polar surface area (TPSA) is 61.9 Å². The molecule has 1 aromatic rings. The lowest BCUT2D eigenvalue weighted by Gasteiger charge is -2.39. The van der Waals surface area contributed by atoms with Gasteiger partial charge in [-0.05, 0) is 31.2 Å². The van der Waals surface area contributed by atoms with Crippen molar-refractivity contribution >= 4 is 11.8 Å². The zero-order valence-electron chi connectivity index (χ0n) is 19.4. The maximum atomic E-state index is 13.1. The van der Waals surface area contributed by atoms with E-state index in [4.69, 9.17) is 4.74 Å². The molecule has 0 radical (unpaired) electrons. The molecule has 6 nitrogen and oxygen atoms in total. The van der Waals surface area contributed by atoms with E-state index in [1.807, 2.05) is 4.90 Å². The van der Waals surface area contributed by atoms with Gasteiger partial charge in [0.25, 0.3) is 0 Å². The van der Waals surface area contributed by atoms with Crippen molar-refractivity contribution in [3.8, 4) is 0 Å². The molecular weight excluding hydrogens is 402 g/mol. The van der Waals surface area contributed by atoms with E-state index in [9.17, 15) is 9.59 Å². The summed E-state index contributed by atoms with van der Waals surface area (Å²) in [6.45, 7) is 6.55. The molecule has 176 valence electrons. The molecule has 2 saturated heterocycles. The van der Waals surface area contributed by atoms with Crippen LogP contribution in [0.3, 0.4) is 0 Å². The molecule has 1 aromatic carbocycles. The SMILES string of the molecule is O=C(NCC1(c2ccccc2)CCCCC1)C1CCC(=O)N(CCCN2CCOCC2)C1. The Kier molecular flexibility index (Phi) is 8.20. The van der Waals surface area contributed by atoms with Crippen LogP contribution < -0.4 is 5.32 Å². The molecule has 1 aliphatic carbocycles. The first-order chi connectivity index (χ1) is 15.7. The Balaban J connectivity index is 1.29. The monoisotopic (exact) mass is 441 g/mol. The van der Waals surface area contributed by atoms with E-state index < -0.39 is 0 Å². The summed E-state index contributed by atoms with van der Waals surface area (Å²) in [5, 5.41) is 3.31. The van der Waals surface area contributed by atoms with Gasteiger partial charge in [0.2, 0.25) is 11.8 Å². The zero-order chi connectivity index (χ0) is 22.2. The Morgan fingerprint density at radius 2 is 1.81 bits per heavy atom. The molecule has 1 unspecified atom stereocenters. The average molecular weight is 442 g/mol. The highest BCUT2D eigenvalue weighted by Crippen LogP contribution is 2.39. The van der Waals surface area contributed by atoms with E-state index in [1.54, 1.807) is 0 Å². The van der Waals surface area contributed by atoms with Crippen LogP contribution in [0, 0.1) is 5.92 Å². The van der Waals surface area contributed by atoms with Gasteiger partial charge in [0.15, 0.2) is 0 Å². The van der Waals surface area contributed by atoms with E-state index in [-0.39, 0.29) is 23.1 Å². The van der Waals surface area contributed by atoms with Crippen molar-refractivity contribution in [2.24, 2.45) is 5.92 Å². The van der Waals surface area contributed by atoms with Gasteiger partial charge in [-0.2, -0.15) is 0 Å². The van der Waals surface area contributed by atoms with Crippen molar-refractivity contribution in [2.75, 3.05) is 52.5 Å². The van der Waals surface area contributed by atoms with Crippen LogP contribution >= 0.6 is 0 Å². The summed E-state index contributed by atoms with van der Waals surface area (Å²) < 4.78 is 5.40. The number of amides is 2. The first kappa shape index (κ1) is 23.2. The molecule has 3 fully saturated rings. The number of hydrogen-bond acceptors (Lipinski definition) is 4. The Morgan fingerprint density at radius 3 is 2.56 bits per heavy atom. The predicted molar refractivity (Wildman–Crippen MR) is 125 cm³/mol. The lowest BCUT2D eigenvalue weighted by Crippen LogP contribution is -2.49.